The summed E-state index contributed by atoms with van der Waals surface area (Å²) in [6.45, 7) is 12.1. The molecule has 0 aromatic rings. The predicted molar refractivity (Wildman–Crippen MR) is 115 cm³/mol. The number of unbranched alkanes of at least 4 members (excludes halogenated alkanes) is 1. The Morgan fingerprint density at radius 3 is 2.36 bits per heavy atom. The van der Waals surface area contributed by atoms with Gasteiger partial charge < -0.3 is 23.4 Å². The van der Waals surface area contributed by atoms with E-state index in [1.54, 1.807) is 0 Å². The summed E-state index contributed by atoms with van der Waals surface area (Å²) in [6, 6.07) is 0. The zero-order valence-electron chi connectivity index (χ0n) is 18.7. The molecule has 2 rings (SSSR count). The van der Waals surface area contributed by atoms with Crippen LogP contribution in [0.2, 0.25) is 0 Å². The van der Waals surface area contributed by atoms with Gasteiger partial charge in [-0.15, -0.1) is 0 Å². The van der Waals surface area contributed by atoms with Crippen molar-refractivity contribution in [2.24, 2.45) is 5.92 Å². The van der Waals surface area contributed by atoms with E-state index >= 15 is 0 Å². The zero-order chi connectivity index (χ0) is 20.2. The maximum atomic E-state index is 6.37. The summed E-state index contributed by atoms with van der Waals surface area (Å²) in [5.74, 6) is 0.735. The Kier molecular flexibility index (Phi) is 12.2. The van der Waals surface area contributed by atoms with Gasteiger partial charge in [-0.1, -0.05) is 46.5 Å². The van der Waals surface area contributed by atoms with E-state index in [0.717, 1.165) is 38.4 Å². The van der Waals surface area contributed by atoms with Crippen LogP contribution < -0.4 is 0 Å². The average Bonchev–Trinajstić information content (AvgIpc) is 3.59. The minimum atomic E-state index is -0.712. The van der Waals surface area contributed by atoms with Crippen LogP contribution >= 0.6 is 0 Å². The fourth-order valence-electron chi connectivity index (χ4n) is 3.71. The Bertz CT molecular complexity index is 389. The first-order chi connectivity index (χ1) is 13.6. The zero-order valence-corrected chi connectivity index (χ0v) is 20.1. The second-order valence-corrected chi connectivity index (χ2v) is 10.2. The third-order valence-corrected chi connectivity index (χ3v) is 7.48. The monoisotopic (exact) mass is 416 g/mol. The topological polar surface area (TPSA) is 52.8 Å². The van der Waals surface area contributed by atoms with Gasteiger partial charge in [-0.25, -0.2) is 0 Å². The summed E-state index contributed by atoms with van der Waals surface area (Å²) in [6.07, 6.45) is 10.7. The largest absolute Gasteiger partial charge is 0.419 e. The molecular weight excluding hydrogens is 372 g/mol. The van der Waals surface area contributed by atoms with Crippen molar-refractivity contribution in [2.75, 3.05) is 26.4 Å². The first-order valence-corrected chi connectivity index (χ1v) is 13.1. The van der Waals surface area contributed by atoms with Crippen LogP contribution in [0.15, 0.2) is 0 Å². The van der Waals surface area contributed by atoms with Crippen molar-refractivity contribution in [1.29, 1.82) is 0 Å². The van der Waals surface area contributed by atoms with E-state index in [0.29, 0.717) is 37.3 Å². The summed E-state index contributed by atoms with van der Waals surface area (Å²) in [5, 5.41) is 0. The normalized spacial score (nSPS) is 25.7. The molecule has 6 atom stereocenters. The van der Waals surface area contributed by atoms with E-state index in [4.69, 9.17) is 23.4 Å². The van der Waals surface area contributed by atoms with Crippen molar-refractivity contribution in [3.05, 3.63) is 0 Å². The number of rotatable bonds is 19. The van der Waals surface area contributed by atoms with Gasteiger partial charge in [-0.2, -0.15) is 0 Å². The van der Waals surface area contributed by atoms with Crippen molar-refractivity contribution in [3.63, 3.8) is 0 Å². The third-order valence-electron chi connectivity index (χ3n) is 5.70. The van der Waals surface area contributed by atoms with Gasteiger partial charge in [0.05, 0.1) is 44.4 Å². The Morgan fingerprint density at radius 1 is 1.00 bits per heavy atom. The highest BCUT2D eigenvalue weighted by atomic mass is 28.2. The molecule has 166 valence electrons. The van der Waals surface area contributed by atoms with Crippen LogP contribution in [0, 0.1) is 5.92 Å². The lowest BCUT2D eigenvalue weighted by Gasteiger charge is -2.25. The summed E-state index contributed by atoms with van der Waals surface area (Å²) in [7, 11) is -0.712. The van der Waals surface area contributed by atoms with Gasteiger partial charge in [-0.05, 0) is 38.5 Å². The standard InChI is InChI=1S/C22H44O5Si/c1-5-8-10-22(26-13-19(7-3)23-15-21-16-25-21)28-27-17(4)11-18(9-6-2)12-20-14-24-20/h17-22H,5-16,28H2,1-4H3. The van der Waals surface area contributed by atoms with Crippen molar-refractivity contribution in [1.82, 2.24) is 0 Å². The quantitative estimate of drug-likeness (QED) is 0.237. The van der Waals surface area contributed by atoms with Gasteiger partial charge in [0.1, 0.15) is 6.10 Å². The summed E-state index contributed by atoms with van der Waals surface area (Å²) >= 11 is 0. The van der Waals surface area contributed by atoms with Gasteiger partial charge in [-0.3, -0.25) is 0 Å². The lowest BCUT2D eigenvalue weighted by molar-refractivity contribution is -0.0364. The van der Waals surface area contributed by atoms with Crippen LogP contribution in [0.5, 0.6) is 0 Å². The van der Waals surface area contributed by atoms with Crippen molar-refractivity contribution < 1.29 is 23.4 Å². The predicted octanol–water partition coefficient (Wildman–Crippen LogP) is 3.80. The molecule has 2 aliphatic heterocycles. The summed E-state index contributed by atoms with van der Waals surface area (Å²) in [4.78, 5) is 0. The van der Waals surface area contributed by atoms with Crippen LogP contribution in [0.3, 0.4) is 0 Å². The fraction of sp³-hybridized carbons (Fsp3) is 1.00. The molecule has 0 aromatic heterocycles. The Hall–Kier alpha value is 0.0169. The number of hydrogen-bond acceptors (Lipinski definition) is 5. The second-order valence-electron chi connectivity index (χ2n) is 8.64. The maximum absolute atomic E-state index is 6.37. The first kappa shape index (κ1) is 24.3. The summed E-state index contributed by atoms with van der Waals surface area (Å²) < 4.78 is 29.3. The van der Waals surface area contributed by atoms with E-state index in [1.165, 1.54) is 32.1 Å². The smallest absolute Gasteiger partial charge is 0.190 e. The van der Waals surface area contributed by atoms with Crippen LogP contribution in [0.25, 0.3) is 0 Å². The van der Waals surface area contributed by atoms with E-state index < -0.39 is 9.76 Å². The molecule has 0 aliphatic carbocycles. The lowest BCUT2D eigenvalue weighted by Crippen LogP contribution is -2.31. The minimum absolute atomic E-state index is 0.173. The number of ether oxygens (including phenoxy) is 4. The lowest BCUT2D eigenvalue weighted by atomic mass is 9.92. The molecule has 6 heteroatoms. The molecular formula is C22H44O5Si. The second kappa shape index (κ2) is 14.1. The van der Waals surface area contributed by atoms with Crippen LogP contribution in [-0.2, 0) is 23.4 Å². The molecule has 0 saturated carbocycles. The molecule has 5 nitrogen and oxygen atoms in total. The van der Waals surface area contributed by atoms with Gasteiger partial charge in [0.2, 0.25) is 0 Å². The van der Waals surface area contributed by atoms with E-state index in [2.05, 4.69) is 27.7 Å². The molecule has 2 saturated heterocycles. The maximum Gasteiger partial charge on any atom is 0.190 e. The molecule has 0 aromatic carbocycles. The molecule has 0 N–H and O–H groups in total. The molecule has 28 heavy (non-hydrogen) atoms. The van der Waals surface area contributed by atoms with E-state index in [9.17, 15) is 0 Å². The van der Waals surface area contributed by atoms with Crippen LogP contribution in [-0.4, -0.2) is 66.3 Å². The van der Waals surface area contributed by atoms with Gasteiger partial charge in [0.15, 0.2) is 9.76 Å². The van der Waals surface area contributed by atoms with E-state index in [1.807, 2.05) is 0 Å². The fourth-order valence-corrected chi connectivity index (χ4v) is 5.07. The molecule has 6 unspecified atom stereocenters. The highest BCUT2D eigenvalue weighted by Crippen LogP contribution is 2.27. The van der Waals surface area contributed by atoms with Crippen molar-refractivity contribution in [3.8, 4) is 0 Å². The highest BCUT2D eigenvalue weighted by Gasteiger charge is 2.27. The molecule has 2 fully saturated rings. The number of epoxide rings is 2. The van der Waals surface area contributed by atoms with Crippen LogP contribution in [0.1, 0.15) is 79.1 Å². The molecule has 0 amide bonds. The van der Waals surface area contributed by atoms with Crippen molar-refractivity contribution >= 4 is 9.76 Å². The number of hydrogen-bond donors (Lipinski definition) is 0. The molecule has 0 radical (unpaired) electrons. The van der Waals surface area contributed by atoms with Crippen LogP contribution in [0.4, 0.5) is 0 Å². The third kappa shape index (κ3) is 11.3. The Morgan fingerprint density at radius 2 is 1.75 bits per heavy atom. The minimum Gasteiger partial charge on any atom is -0.419 e. The summed E-state index contributed by atoms with van der Waals surface area (Å²) in [5.41, 5.74) is 0.300. The van der Waals surface area contributed by atoms with Gasteiger partial charge in [0, 0.05) is 6.10 Å². The molecule has 0 spiro atoms. The van der Waals surface area contributed by atoms with Gasteiger partial charge in [0.25, 0.3) is 0 Å². The van der Waals surface area contributed by atoms with E-state index in [-0.39, 0.29) is 6.10 Å². The molecule has 0 bridgehead atoms. The Balaban J connectivity index is 1.67. The van der Waals surface area contributed by atoms with Crippen molar-refractivity contribution in [2.45, 2.75) is 109 Å². The average molecular weight is 417 g/mol. The highest BCUT2D eigenvalue weighted by molar-refractivity contribution is 6.29. The van der Waals surface area contributed by atoms with Gasteiger partial charge >= 0.3 is 0 Å². The Labute approximate surface area is 175 Å². The first-order valence-electron chi connectivity index (χ1n) is 11.7. The molecule has 2 aliphatic rings. The molecule has 2 heterocycles. The SMILES string of the molecule is CCCCC(OCC(CC)OCC1CO1)[SiH2]OC(C)CC(CCC)CC1CO1.